The maximum Gasteiger partial charge on any atom is 0.321 e. The Balaban J connectivity index is 2.94. The van der Waals surface area contributed by atoms with Crippen molar-refractivity contribution in [2.24, 2.45) is 0 Å². The Morgan fingerprint density at radius 3 is 2.05 bits per heavy atom. The van der Waals surface area contributed by atoms with Gasteiger partial charge in [0.15, 0.2) is 15.6 Å². The number of hydrogen-bond donors (Lipinski definition) is 0. The zero-order valence-corrected chi connectivity index (χ0v) is 13.5. The number of carbonyl (C=O) groups is 2. The van der Waals surface area contributed by atoms with E-state index in [4.69, 9.17) is 0 Å². The van der Waals surface area contributed by atoms with Crippen LogP contribution in [0.25, 0.3) is 0 Å². The molecule has 0 aliphatic rings. The van der Waals surface area contributed by atoms with Gasteiger partial charge in [0.1, 0.15) is 11.5 Å². The molecule has 0 radical (unpaired) electrons. The summed E-state index contributed by atoms with van der Waals surface area (Å²) < 4.78 is 28.3. The highest BCUT2D eigenvalue weighted by molar-refractivity contribution is 7.92. The molecule has 21 heavy (non-hydrogen) atoms. The molecule has 0 heterocycles. The van der Waals surface area contributed by atoms with E-state index in [1.807, 2.05) is 19.1 Å². The van der Waals surface area contributed by atoms with E-state index < -0.39 is 33.1 Å². The van der Waals surface area contributed by atoms with Crippen LogP contribution >= 0.6 is 0 Å². The minimum absolute atomic E-state index is 0.110. The summed E-state index contributed by atoms with van der Waals surface area (Å²) in [6.45, 7) is 7.15. The normalized spacial score (nSPS) is 11.2. The summed E-state index contributed by atoms with van der Waals surface area (Å²) in [5.41, 5.74) is 2.90. The van der Waals surface area contributed by atoms with E-state index in [9.17, 15) is 18.0 Å². The lowest BCUT2D eigenvalue weighted by atomic mass is 9.97. The van der Waals surface area contributed by atoms with Crippen molar-refractivity contribution in [3.8, 4) is 0 Å². The van der Waals surface area contributed by atoms with Crippen molar-refractivity contribution in [2.75, 3.05) is 18.1 Å². The van der Waals surface area contributed by atoms with Gasteiger partial charge in [0.05, 0.1) is 6.61 Å². The van der Waals surface area contributed by atoms with Crippen LogP contribution in [0, 0.1) is 20.8 Å². The molecule has 1 aromatic carbocycles. The largest absolute Gasteiger partial charge is 0.465 e. The van der Waals surface area contributed by atoms with Crippen molar-refractivity contribution in [2.45, 2.75) is 27.7 Å². The monoisotopic (exact) mass is 312 g/mol. The van der Waals surface area contributed by atoms with Crippen molar-refractivity contribution in [3.63, 3.8) is 0 Å². The van der Waals surface area contributed by atoms with Crippen molar-refractivity contribution in [1.82, 2.24) is 0 Å². The third-order valence-electron chi connectivity index (χ3n) is 2.95. The molecule has 0 spiro atoms. The molecule has 0 bridgehead atoms. The second kappa shape index (κ2) is 6.85. The molecule has 0 saturated carbocycles. The van der Waals surface area contributed by atoms with Crippen LogP contribution in [0.3, 0.4) is 0 Å². The third kappa shape index (κ3) is 4.97. The lowest BCUT2D eigenvalue weighted by molar-refractivity contribution is -0.139. The topological polar surface area (TPSA) is 77.5 Å². The number of Topliss-reactive ketones (excluding diaryl/α,β-unsaturated/α-hetero) is 1. The quantitative estimate of drug-likeness (QED) is 0.591. The van der Waals surface area contributed by atoms with Crippen molar-refractivity contribution in [1.29, 1.82) is 0 Å². The van der Waals surface area contributed by atoms with Crippen LogP contribution in [0.2, 0.25) is 0 Å². The fourth-order valence-electron chi connectivity index (χ4n) is 2.32. The van der Waals surface area contributed by atoms with E-state index in [0.717, 1.165) is 16.7 Å². The van der Waals surface area contributed by atoms with E-state index in [0.29, 0.717) is 5.56 Å². The van der Waals surface area contributed by atoms with Gasteiger partial charge in [-0.25, -0.2) is 8.42 Å². The van der Waals surface area contributed by atoms with Gasteiger partial charge in [0.25, 0.3) is 0 Å². The number of ketones is 1. The average Bonchev–Trinajstić information content (AvgIpc) is 2.25. The van der Waals surface area contributed by atoms with E-state index in [-0.39, 0.29) is 6.61 Å². The van der Waals surface area contributed by atoms with Gasteiger partial charge < -0.3 is 4.74 Å². The van der Waals surface area contributed by atoms with E-state index in [2.05, 4.69) is 4.74 Å². The van der Waals surface area contributed by atoms with E-state index in [1.165, 1.54) is 0 Å². The van der Waals surface area contributed by atoms with Crippen LogP contribution in [-0.2, 0) is 19.4 Å². The molecule has 0 saturated heterocycles. The number of esters is 1. The van der Waals surface area contributed by atoms with Crippen molar-refractivity contribution < 1.29 is 22.7 Å². The summed E-state index contributed by atoms with van der Waals surface area (Å²) in [6, 6.07) is 3.66. The molecule has 1 rings (SSSR count). The zero-order chi connectivity index (χ0) is 16.2. The SMILES string of the molecule is CCOC(=O)CS(=O)(=O)CC(=O)c1c(C)cc(C)cc1C. The van der Waals surface area contributed by atoms with Gasteiger partial charge >= 0.3 is 5.97 Å². The highest BCUT2D eigenvalue weighted by Crippen LogP contribution is 2.17. The molecular weight excluding hydrogens is 292 g/mol. The molecule has 5 nitrogen and oxygen atoms in total. The fourth-order valence-corrected chi connectivity index (χ4v) is 3.41. The first-order chi connectivity index (χ1) is 9.66. The number of sulfone groups is 1. The predicted octanol–water partition coefficient (Wildman–Crippen LogP) is 1.77. The minimum Gasteiger partial charge on any atom is -0.465 e. The molecule has 0 fully saturated rings. The van der Waals surface area contributed by atoms with Crippen LogP contribution in [0.5, 0.6) is 0 Å². The van der Waals surface area contributed by atoms with Gasteiger partial charge in [-0.15, -0.1) is 0 Å². The van der Waals surface area contributed by atoms with Gasteiger partial charge in [-0.2, -0.15) is 0 Å². The van der Waals surface area contributed by atoms with Crippen LogP contribution in [-0.4, -0.2) is 38.3 Å². The standard InChI is InChI=1S/C15H20O5S/c1-5-20-14(17)9-21(18,19)8-13(16)15-11(3)6-10(2)7-12(15)4/h6-7H,5,8-9H2,1-4H3. The summed E-state index contributed by atoms with van der Waals surface area (Å²) in [4.78, 5) is 23.5. The summed E-state index contributed by atoms with van der Waals surface area (Å²) in [7, 11) is -3.82. The Bertz CT molecular complexity index is 636. The Morgan fingerprint density at radius 2 is 1.57 bits per heavy atom. The van der Waals surface area contributed by atoms with Gasteiger partial charge in [0, 0.05) is 5.56 Å². The van der Waals surface area contributed by atoms with Crippen molar-refractivity contribution in [3.05, 3.63) is 34.4 Å². The van der Waals surface area contributed by atoms with Crippen LogP contribution in [0.4, 0.5) is 0 Å². The number of hydrogen-bond acceptors (Lipinski definition) is 5. The zero-order valence-electron chi connectivity index (χ0n) is 12.7. The maximum absolute atomic E-state index is 12.2. The summed E-state index contributed by atoms with van der Waals surface area (Å²) in [5, 5.41) is 0. The Labute approximate surface area is 125 Å². The Hall–Kier alpha value is -1.69. The van der Waals surface area contributed by atoms with Gasteiger partial charge in [0.2, 0.25) is 0 Å². The summed E-state index contributed by atoms with van der Waals surface area (Å²) in [6.07, 6.45) is 0. The summed E-state index contributed by atoms with van der Waals surface area (Å²) >= 11 is 0. The van der Waals surface area contributed by atoms with E-state index >= 15 is 0 Å². The number of ether oxygens (including phenoxy) is 1. The molecule has 6 heteroatoms. The number of aryl methyl sites for hydroxylation is 3. The molecule has 0 aromatic heterocycles. The smallest absolute Gasteiger partial charge is 0.321 e. The van der Waals surface area contributed by atoms with Crippen LogP contribution in [0.15, 0.2) is 12.1 Å². The van der Waals surface area contributed by atoms with E-state index in [1.54, 1.807) is 20.8 Å². The Kier molecular flexibility index (Phi) is 5.66. The second-order valence-corrected chi connectivity index (χ2v) is 7.10. The van der Waals surface area contributed by atoms with Gasteiger partial charge in [-0.1, -0.05) is 17.7 Å². The molecular formula is C15H20O5S. The highest BCUT2D eigenvalue weighted by Gasteiger charge is 2.24. The second-order valence-electron chi connectivity index (χ2n) is 5.03. The molecule has 0 atom stereocenters. The minimum atomic E-state index is -3.82. The number of rotatable bonds is 6. The molecule has 0 aliphatic heterocycles. The first-order valence-electron chi connectivity index (χ1n) is 6.63. The van der Waals surface area contributed by atoms with Crippen molar-refractivity contribution >= 4 is 21.6 Å². The predicted molar refractivity (Wildman–Crippen MR) is 80.3 cm³/mol. The number of carbonyl (C=O) groups excluding carboxylic acids is 2. The maximum atomic E-state index is 12.2. The average molecular weight is 312 g/mol. The molecule has 0 unspecified atom stereocenters. The highest BCUT2D eigenvalue weighted by atomic mass is 32.2. The third-order valence-corrected chi connectivity index (χ3v) is 4.33. The van der Waals surface area contributed by atoms with Crippen LogP contribution < -0.4 is 0 Å². The lowest BCUT2D eigenvalue weighted by Gasteiger charge is -2.10. The Morgan fingerprint density at radius 1 is 1.05 bits per heavy atom. The molecule has 0 amide bonds. The fraction of sp³-hybridized carbons (Fsp3) is 0.467. The van der Waals surface area contributed by atoms with Crippen LogP contribution in [0.1, 0.15) is 34.0 Å². The lowest BCUT2D eigenvalue weighted by Crippen LogP contribution is -2.25. The molecule has 116 valence electrons. The summed E-state index contributed by atoms with van der Waals surface area (Å²) in [5.74, 6) is -2.77. The first kappa shape index (κ1) is 17.4. The molecule has 1 aromatic rings. The molecule has 0 aliphatic carbocycles. The first-order valence-corrected chi connectivity index (χ1v) is 8.45. The number of benzene rings is 1. The van der Waals surface area contributed by atoms with Gasteiger partial charge in [-0.05, 0) is 38.8 Å². The van der Waals surface area contributed by atoms with Gasteiger partial charge in [-0.3, -0.25) is 9.59 Å². The molecule has 0 N–H and O–H groups in total.